The number of hydroxylamine groups is 1. The number of rotatable bonds is 12. The number of carbonyl (C=O) groups excluding carboxylic acids is 2. The van der Waals surface area contributed by atoms with E-state index in [1.54, 1.807) is 17.0 Å². The van der Waals surface area contributed by atoms with Gasteiger partial charge < -0.3 is 56.4 Å². The zero-order valence-electron chi connectivity index (χ0n) is 34.1. The van der Waals surface area contributed by atoms with Crippen LogP contribution in [0.2, 0.25) is 0 Å². The Labute approximate surface area is 364 Å². The number of nitrogens with one attached hydrogen (secondary N) is 4. The summed E-state index contributed by atoms with van der Waals surface area (Å²) in [6.45, 7) is 4.69. The quantitative estimate of drug-likeness (QED) is 0.0697. The van der Waals surface area contributed by atoms with Crippen molar-refractivity contribution in [1.29, 1.82) is 0 Å². The van der Waals surface area contributed by atoms with Crippen LogP contribution in [-0.2, 0) is 34.0 Å². The molecule has 344 valence electrons. The predicted octanol–water partition coefficient (Wildman–Crippen LogP) is -0.476. The lowest BCUT2D eigenvalue weighted by Crippen LogP contribution is -3.18. The molecular weight excluding hydrogens is 869 g/mol. The van der Waals surface area contributed by atoms with E-state index in [9.17, 15) is 52.2 Å². The molecule has 0 atom stereocenters. The summed E-state index contributed by atoms with van der Waals surface area (Å²) in [6.07, 6.45) is 11.7. The first-order chi connectivity index (χ1) is 30.2. The number of carboxylic acids is 5. The zero-order valence-corrected chi connectivity index (χ0v) is 34.9. The number of pyridine rings is 1. The lowest BCUT2D eigenvalue weighted by atomic mass is 9.89. The van der Waals surface area contributed by atoms with Crippen molar-refractivity contribution in [3.8, 4) is 11.1 Å². The molecule has 0 unspecified atom stereocenters. The summed E-state index contributed by atoms with van der Waals surface area (Å²) in [4.78, 5) is 54.4. The number of aromatic nitrogens is 2. The third-order valence-electron chi connectivity index (χ3n) is 9.77. The van der Waals surface area contributed by atoms with Gasteiger partial charge in [0.2, 0.25) is 0 Å². The molecule has 0 amide bonds. The second-order valence-electron chi connectivity index (χ2n) is 14.1. The summed E-state index contributed by atoms with van der Waals surface area (Å²) in [5.74, 6) is -8.42. The highest BCUT2D eigenvalue weighted by Gasteiger charge is 2.35. The van der Waals surface area contributed by atoms with E-state index >= 15 is 4.39 Å². The van der Waals surface area contributed by atoms with Gasteiger partial charge >= 0.3 is 17.9 Å². The number of aromatic amines is 1. The number of anilines is 2. The molecular formula is C41H46F2N7O13S-. The van der Waals surface area contributed by atoms with Gasteiger partial charge in [-0.1, -0.05) is 18.2 Å². The van der Waals surface area contributed by atoms with E-state index in [1.807, 2.05) is 12.4 Å². The number of nitrogen functional groups attached to an aromatic ring is 1. The van der Waals surface area contributed by atoms with Crippen molar-refractivity contribution in [2.24, 2.45) is 0 Å². The van der Waals surface area contributed by atoms with Gasteiger partial charge in [-0.05, 0) is 68.1 Å². The van der Waals surface area contributed by atoms with Crippen LogP contribution in [0.1, 0.15) is 31.7 Å². The van der Waals surface area contributed by atoms with Crippen molar-refractivity contribution in [3.05, 3.63) is 114 Å². The minimum absolute atomic E-state index is 0.259. The fourth-order valence-electron chi connectivity index (χ4n) is 6.85. The number of nitrogens with zero attached hydrogens (tertiary/aromatic N) is 2. The van der Waals surface area contributed by atoms with Gasteiger partial charge in [-0.25, -0.2) is 41.1 Å². The lowest BCUT2D eigenvalue weighted by molar-refractivity contribution is -0.931. The Morgan fingerprint density at radius 3 is 1.91 bits per heavy atom. The maximum atomic E-state index is 15.3. The molecule has 23 heteroatoms. The van der Waals surface area contributed by atoms with Crippen LogP contribution in [0, 0.1) is 16.8 Å². The second-order valence-corrected chi connectivity index (χ2v) is 15.7. The van der Waals surface area contributed by atoms with E-state index in [2.05, 4.69) is 26.2 Å². The molecule has 2 aliphatic rings. The number of H-pyrrole nitrogens is 1. The van der Waals surface area contributed by atoms with E-state index in [4.69, 9.17) is 21.1 Å². The maximum absolute atomic E-state index is 15.3. The average molecular weight is 915 g/mol. The molecule has 2 fully saturated rings. The van der Waals surface area contributed by atoms with Crippen LogP contribution in [0.3, 0.4) is 0 Å². The van der Waals surface area contributed by atoms with Gasteiger partial charge in [-0.3, -0.25) is 9.62 Å². The van der Waals surface area contributed by atoms with Gasteiger partial charge in [-0.15, -0.1) is 0 Å². The standard InChI is InChI=1S/C30H34F2N6O2S.2C4H4O4.C3H4NO3/c1-36-14-16-37(17-15-36)21-7-9-22(10-8-21)38-19-23(29-26(33)12-13-34-30(29)38)20-6-11-27(25(32)18-20)35-41(39,40)28-5-3-2-4-24(28)31;2*5-3(6)1-2-4(7)8;5-3(6)1-2-4-7/h2-6,11-13,18-19,21-22,35H,7-10,14-17H2,1H3,(H2,33,34);2*1-2H,(H,5,6)(H,7,8);1-2,4H,(H,5,6)/q;;;-1/b;3*2-1-. The lowest BCUT2D eigenvalue weighted by Gasteiger charge is -2.37. The van der Waals surface area contributed by atoms with Crippen molar-refractivity contribution in [2.75, 3.05) is 43.7 Å². The molecule has 0 bridgehead atoms. The number of quaternary nitrogens is 1. The van der Waals surface area contributed by atoms with Crippen LogP contribution in [-0.4, -0.2) is 102 Å². The van der Waals surface area contributed by atoms with Crippen LogP contribution < -0.4 is 36.0 Å². The fourth-order valence-corrected chi connectivity index (χ4v) is 8.00. The van der Waals surface area contributed by atoms with E-state index in [-0.39, 0.29) is 5.69 Å². The molecule has 2 aromatic carbocycles. The Morgan fingerprint density at radius 2 is 1.42 bits per heavy atom. The number of hydrogen-bond acceptors (Lipinski definition) is 13. The van der Waals surface area contributed by atoms with E-state index in [0.29, 0.717) is 53.7 Å². The van der Waals surface area contributed by atoms with Crippen molar-refractivity contribution in [2.45, 2.75) is 42.7 Å². The normalized spacial score (nSPS) is 16.8. The summed E-state index contributed by atoms with van der Waals surface area (Å²) in [5, 5.41) is 52.3. The van der Waals surface area contributed by atoms with Crippen LogP contribution >= 0.6 is 0 Å². The summed E-state index contributed by atoms with van der Waals surface area (Å²) in [7, 11) is -2.12. The number of halogens is 2. The highest BCUT2D eigenvalue weighted by atomic mass is 32.2. The first-order valence-electron chi connectivity index (χ1n) is 19.2. The van der Waals surface area contributed by atoms with E-state index in [1.165, 1.54) is 42.8 Å². The first-order valence-corrected chi connectivity index (χ1v) is 20.6. The molecule has 1 aliphatic heterocycles. The number of carboxylic acid groups (broad SMARTS) is 5. The van der Waals surface area contributed by atoms with Gasteiger partial charge in [0.1, 0.15) is 22.6 Å². The molecule has 64 heavy (non-hydrogen) atoms. The number of nitrogens with two attached hydrogens (primary N) is 1. The third kappa shape index (κ3) is 15.9. The van der Waals surface area contributed by atoms with E-state index < -0.39 is 56.4 Å². The number of sulfonamides is 1. The average Bonchev–Trinajstić information content (AvgIpc) is 3.64. The topological polar surface area (TPSA) is 326 Å². The van der Waals surface area contributed by atoms with Crippen molar-refractivity contribution in [3.63, 3.8) is 0 Å². The van der Waals surface area contributed by atoms with Crippen molar-refractivity contribution >= 4 is 62.3 Å². The number of carbonyl (C=O) groups is 5. The van der Waals surface area contributed by atoms with Crippen molar-refractivity contribution in [1.82, 2.24) is 14.9 Å². The van der Waals surface area contributed by atoms with Gasteiger partial charge in [0.25, 0.3) is 15.7 Å². The Kier molecular flexibility index (Phi) is 19.5. The zero-order chi connectivity index (χ0) is 47.6. The fraction of sp³-hybridized carbons (Fsp3) is 0.268. The molecule has 2 aromatic heterocycles. The highest BCUT2D eigenvalue weighted by Crippen LogP contribution is 2.38. The minimum Gasteiger partial charge on any atom is -0.761 e. The highest BCUT2D eigenvalue weighted by molar-refractivity contribution is 7.92. The molecule has 9 N–H and O–H groups in total. The van der Waals surface area contributed by atoms with Gasteiger partial charge in [-0.2, -0.15) is 0 Å². The SMILES string of the molecule is CN1CC[NH+](C2CCC(n3cc(-c4ccc(NS(=O)(=O)c5ccccc5F)c(F)c4)c4c(N)cc[nH+]c43)CC2)CC1.O=C(O)/C=C\N[O-].O=C([O-])/C=C\C(=O)O.O=C([O-])/C=C\C(=O)O. The number of hydrogen-bond donors (Lipinski definition) is 7. The number of likely N-dealkylation sites (N-methyl/N-ethyl adjacent to an activating group) is 1. The Hall–Kier alpha value is -7.21. The monoisotopic (exact) mass is 914 g/mol. The molecule has 0 radical (unpaired) electrons. The van der Waals surface area contributed by atoms with Crippen LogP contribution in [0.5, 0.6) is 0 Å². The smallest absolute Gasteiger partial charge is 0.329 e. The predicted molar refractivity (Wildman–Crippen MR) is 222 cm³/mol. The first kappa shape index (κ1) is 51.1. The summed E-state index contributed by atoms with van der Waals surface area (Å²) in [5.41, 5.74) is 10.3. The van der Waals surface area contributed by atoms with Gasteiger partial charge in [0.15, 0.2) is 0 Å². The minimum atomic E-state index is -4.31. The molecule has 20 nitrogen and oxygen atoms in total. The number of piperazine rings is 1. The van der Waals surface area contributed by atoms with E-state index in [0.717, 1.165) is 73.7 Å². The molecule has 6 rings (SSSR count). The van der Waals surface area contributed by atoms with Gasteiger partial charge in [0, 0.05) is 55.8 Å². The summed E-state index contributed by atoms with van der Waals surface area (Å²) >= 11 is 0. The molecule has 0 spiro atoms. The molecule has 4 aromatic rings. The third-order valence-corrected chi connectivity index (χ3v) is 11.2. The van der Waals surface area contributed by atoms with Crippen LogP contribution in [0.4, 0.5) is 20.2 Å². The Morgan fingerprint density at radius 1 is 0.844 bits per heavy atom. The Balaban J connectivity index is 0.000000389. The molecule has 1 saturated heterocycles. The van der Waals surface area contributed by atoms with Crippen LogP contribution in [0.15, 0.2) is 102 Å². The van der Waals surface area contributed by atoms with Crippen LogP contribution in [0.25, 0.3) is 22.2 Å². The second kappa shape index (κ2) is 24.4. The molecule has 3 heterocycles. The number of benzene rings is 2. The largest absolute Gasteiger partial charge is 0.761 e. The number of aliphatic carboxylic acids is 5. The van der Waals surface area contributed by atoms with Gasteiger partial charge in [0.05, 0.1) is 60.2 Å². The molecule has 1 saturated carbocycles. The molecule has 1 aliphatic carbocycles. The summed E-state index contributed by atoms with van der Waals surface area (Å²) < 4.78 is 59.3. The Bertz CT molecular complexity index is 2410. The van der Waals surface area contributed by atoms with Crippen molar-refractivity contribution < 1.29 is 76.6 Å². The maximum Gasteiger partial charge on any atom is 0.329 e. The summed E-state index contributed by atoms with van der Waals surface area (Å²) in [6, 6.07) is 12.1. The number of fused-ring (bicyclic) bond motifs is 1.